The maximum Gasteiger partial charge on any atom is 0.347 e. The summed E-state index contributed by atoms with van der Waals surface area (Å²) in [7, 11) is 0. The minimum absolute atomic E-state index is 0.126. The van der Waals surface area contributed by atoms with Crippen LogP contribution in [0.2, 0.25) is 0 Å². The summed E-state index contributed by atoms with van der Waals surface area (Å²) < 4.78 is 5.61. The number of hydrogen-bond donors (Lipinski definition) is 2. The first-order chi connectivity index (χ1) is 10.7. The van der Waals surface area contributed by atoms with Crippen LogP contribution in [0.4, 0.5) is 0 Å². The molecule has 1 amide bonds. The Balaban J connectivity index is 2.42. The molecule has 0 fully saturated rings. The predicted molar refractivity (Wildman–Crippen MR) is 89.9 cm³/mol. The number of carbonyl (C=O) groups excluding carboxylic acids is 1. The highest BCUT2D eigenvalue weighted by Crippen LogP contribution is 2.23. The molecule has 0 bridgehead atoms. The van der Waals surface area contributed by atoms with Crippen molar-refractivity contribution < 1.29 is 19.4 Å². The molecule has 2 atom stereocenters. The molecular weight excluding hydrogens is 316 g/mol. The summed E-state index contributed by atoms with van der Waals surface area (Å²) in [5, 5.41) is 12.5. The van der Waals surface area contributed by atoms with Gasteiger partial charge in [0.1, 0.15) is 9.88 Å². The van der Waals surface area contributed by atoms with Crippen LogP contribution < -0.4 is 5.32 Å². The summed E-state index contributed by atoms with van der Waals surface area (Å²) >= 11 is 1.10. The van der Waals surface area contributed by atoms with E-state index in [0.717, 1.165) is 17.8 Å². The third kappa shape index (κ3) is 6.66. The van der Waals surface area contributed by atoms with Crippen LogP contribution >= 0.6 is 11.3 Å². The summed E-state index contributed by atoms with van der Waals surface area (Å²) in [6, 6.07) is -0.313. The van der Waals surface area contributed by atoms with Gasteiger partial charge in [0.25, 0.3) is 0 Å². The Hall–Kier alpha value is -1.47. The second-order valence-electron chi connectivity index (χ2n) is 6.12. The van der Waals surface area contributed by atoms with E-state index in [9.17, 15) is 9.59 Å². The largest absolute Gasteiger partial charge is 0.477 e. The standard InChI is InChI=1S/C16H26N2O4S/c1-9(2)8-10(3)22-7-6-13(19)17-12(5)15-18-11(4)14(23-15)16(20)21/h9-10,12H,6-8H2,1-5H3,(H,17,19)(H,20,21). The van der Waals surface area contributed by atoms with Crippen molar-refractivity contribution in [3.8, 4) is 0 Å². The van der Waals surface area contributed by atoms with Gasteiger partial charge in [0, 0.05) is 6.42 Å². The van der Waals surface area contributed by atoms with E-state index in [1.807, 2.05) is 6.92 Å². The van der Waals surface area contributed by atoms with Crippen LogP contribution in [0.3, 0.4) is 0 Å². The zero-order valence-electron chi connectivity index (χ0n) is 14.4. The Morgan fingerprint density at radius 3 is 2.48 bits per heavy atom. The number of ether oxygens (including phenoxy) is 1. The van der Waals surface area contributed by atoms with Crippen molar-refractivity contribution in [1.29, 1.82) is 0 Å². The summed E-state index contributed by atoms with van der Waals surface area (Å²) in [4.78, 5) is 27.4. The SMILES string of the molecule is Cc1nc(C(C)NC(=O)CCOC(C)CC(C)C)sc1C(=O)O. The van der Waals surface area contributed by atoms with E-state index < -0.39 is 5.97 Å². The average Bonchev–Trinajstić information content (AvgIpc) is 2.80. The monoisotopic (exact) mass is 342 g/mol. The number of carboxylic acids is 1. The topological polar surface area (TPSA) is 88.5 Å². The van der Waals surface area contributed by atoms with Crippen molar-refractivity contribution >= 4 is 23.2 Å². The van der Waals surface area contributed by atoms with Crippen molar-refractivity contribution in [3.05, 3.63) is 15.6 Å². The van der Waals surface area contributed by atoms with Gasteiger partial charge in [-0.15, -0.1) is 11.3 Å². The van der Waals surface area contributed by atoms with Crippen LogP contribution in [0.1, 0.15) is 67.0 Å². The number of amides is 1. The fraction of sp³-hybridized carbons (Fsp3) is 0.688. The molecule has 0 saturated carbocycles. The third-order valence-corrected chi connectivity index (χ3v) is 4.62. The van der Waals surface area contributed by atoms with Gasteiger partial charge in [0.15, 0.2) is 0 Å². The molecule has 6 nitrogen and oxygen atoms in total. The van der Waals surface area contributed by atoms with Crippen LogP contribution in [0.5, 0.6) is 0 Å². The number of aromatic nitrogens is 1. The highest BCUT2D eigenvalue weighted by Gasteiger charge is 2.19. The van der Waals surface area contributed by atoms with E-state index in [1.165, 1.54) is 0 Å². The van der Waals surface area contributed by atoms with Gasteiger partial charge < -0.3 is 15.2 Å². The smallest absolute Gasteiger partial charge is 0.347 e. The molecule has 23 heavy (non-hydrogen) atoms. The van der Waals surface area contributed by atoms with E-state index in [4.69, 9.17) is 9.84 Å². The number of nitrogens with one attached hydrogen (secondary N) is 1. The van der Waals surface area contributed by atoms with Gasteiger partial charge in [-0.2, -0.15) is 0 Å². The normalized spacial score (nSPS) is 13.8. The number of rotatable bonds is 9. The molecule has 1 aromatic rings. The number of aryl methyl sites for hydroxylation is 1. The van der Waals surface area contributed by atoms with Gasteiger partial charge in [-0.3, -0.25) is 4.79 Å². The van der Waals surface area contributed by atoms with Gasteiger partial charge in [-0.05, 0) is 33.1 Å². The Kier molecular flexibility index (Phi) is 7.64. The van der Waals surface area contributed by atoms with Crippen LogP contribution in [-0.2, 0) is 9.53 Å². The van der Waals surface area contributed by atoms with Gasteiger partial charge >= 0.3 is 5.97 Å². The lowest BCUT2D eigenvalue weighted by molar-refractivity contribution is -0.123. The van der Waals surface area contributed by atoms with Crippen molar-refractivity contribution in [2.24, 2.45) is 5.92 Å². The third-order valence-electron chi connectivity index (χ3n) is 3.29. The van der Waals surface area contributed by atoms with Crippen LogP contribution in [-0.4, -0.2) is 34.7 Å². The fourth-order valence-electron chi connectivity index (χ4n) is 2.26. The van der Waals surface area contributed by atoms with E-state index in [0.29, 0.717) is 23.2 Å². The quantitative estimate of drug-likeness (QED) is 0.719. The van der Waals surface area contributed by atoms with Gasteiger partial charge in [-0.1, -0.05) is 13.8 Å². The predicted octanol–water partition coefficient (Wildman–Crippen LogP) is 3.17. The molecule has 2 unspecified atom stereocenters. The zero-order valence-corrected chi connectivity index (χ0v) is 15.2. The minimum Gasteiger partial charge on any atom is -0.477 e. The maximum absolute atomic E-state index is 11.9. The lowest BCUT2D eigenvalue weighted by Gasteiger charge is -2.15. The summed E-state index contributed by atoms with van der Waals surface area (Å²) in [6.07, 6.45) is 1.39. The van der Waals surface area contributed by atoms with Crippen LogP contribution in [0, 0.1) is 12.8 Å². The molecule has 0 aliphatic heterocycles. The number of aromatic carboxylic acids is 1. The van der Waals surface area contributed by atoms with Crippen molar-refractivity contribution in [1.82, 2.24) is 10.3 Å². The number of nitrogens with zero attached hydrogens (tertiary/aromatic N) is 1. The molecule has 0 radical (unpaired) electrons. The first kappa shape index (κ1) is 19.6. The number of carboxylic acid groups (broad SMARTS) is 1. The van der Waals surface area contributed by atoms with E-state index in [-0.39, 0.29) is 29.4 Å². The molecule has 1 rings (SSSR count). The van der Waals surface area contributed by atoms with E-state index in [1.54, 1.807) is 13.8 Å². The summed E-state index contributed by atoms with van der Waals surface area (Å²) in [5.74, 6) is -0.549. The number of thiazole rings is 1. The van der Waals surface area contributed by atoms with Gasteiger partial charge in [0.2, 0.25) is 5.91 Å². The molecule has 7 heteroatoms. The minimum atomic E-state index is -0.989. The molecule has 0 aliphatic rings. The molecule has 130 valence electrons. The Bertz CT molecular complexity index is 542. The Morgan fingerprint density at radius 1 is 1.30 bits per heavy atom. The lowest BCUT2D eigenvalue weighted by Crippen LogP contribution is -2.28. The van der Waals surface area contributed by atoms with Gasteiger partial charge in [-0.25, -0.2) is 9.78 Å². The summed E-state index contributed by atoms with van der Waals surface area (Å²) in [5.41, 5.74) is 0.476. The molecule has 0 aromatic carbocycles. The molecule has 2 N–H and O–H groups in total. The molecular formula is C16H26N2O4S. The van der Waals surface area contributed by atoms with E-state index >= 15 is 0 Å². The molecule has 0 saturated heterocycles. The Labute approximate surface area is 141 Å². The second kappa shape index (κ2) is 8.98. The molecule has 0 aliphatic carbocycles. The number of carbonyl (C=O) groups is 2. The van der Waals surface area contributed by atoms with Crippen molar-refractivity contribution in [3.63, 3.8) is 0 Å². The first-order valence-corrected chi connectivity index (χ1v) is 8.63. The zero-order chi connectivity index (χ0) is 17.6. The van der Waals surface area contributed by atoms with Crippen LogP contribution in [0.15, 0.2) is 0 Å². The molecule has 1 heterocycles. The second-order valence-corrected chi connectivity index (χ2v) is 7.15. The highest BCUT2D eigenvalue weighted by molar-refractivity contribution is 7.13. The average molecular weight is 342 g/mol. The van der Waals surface area contributed by atoms with Gasteiger partial charge in [0.05, 0.1) is 24.4 Å². The van der Waals surface area contributed by atoms with E-state index in [2.05, 4.69) is 24.1 Å². The lowest BCUT2D eigenvalue weighted by atomic mass is 10.1. The number of hydrogen-bond acceptors (Lipinski definition) is 5. The molecule has 1 aromatic heterocycles. The Morgan fingerprint density at radius 2 is 1.96 bits per heavy atom. The van der Waals surface area contributed by atoms with Crippen molar-refractivity contribution in [2.75, 3.05) is 6.61 Å². The van der Waals surface area contributed by atoms with Crippen molar-refractivity contribution in [2.45, 2.75) is 59.6 Å². The first-order valence-electron chi connectivity index (χ1n) is 7.82. The summed E-state index contributed by atoms with van der Waals surface area (Å²) in [6.45, 7) is 10.1. The highest BCUT2D eigenvalue weighted by atomic mass is 32.1. The van der Waals surface area contributed by atoms with Crippen LogP contribution in [0.25, 0.3) is 0 Å². The fourth-order valence-corrected chi connectivity index (χ4v) is 3.17. The molecule has 0 spiro atoms. The maximum atomic E-state index is 11.9.